The molecule has 0 radical (unpaired) electrons. The highest BCUT2D eigenvalue weighted by atomic mass is 32.1. The van der Waals surface area contributed by atoms with Crippen molar-refractivity contribution in [3.05, 3.63) is 152 Å². The molecule has 51 heavy (non-hydrogen) atoms. The molecule has 0 N–H and O–H groups in total. The SMILES string of the molecule is c1ccc(-c2nc(-c3ccc4oc5c(-c6cccc7c6oc6ccccc67)cccc5c4c3)nc(-c3cccc4c3sc3ccccc34)n2)cc1. The molecule has 11 rings (SSSR count). The zero-order valence-electron chi connectivity index (χ0n) is 27.0. The van der Waals surface area contributed by atoms with Gasteiger partial charge in [-0.1, -0.05) is 115 Å². The lowest BCUT2D eigenvalue weighted by molar-refractivity contribution is 0.665. The zero-order valence-corrected chi connectivity index (χ0v) is 27.8. The summed E-state index contributed by atoms with van der Waals surface area (Å²) < 4.78 is 15.4. The average Bonchev–Trinajstić information content (AvgIpc) is 3.89. The maximum absolute atomic E-state index is 6.62. The summed E-state index contributed by atoms with van der Waals surface area (Å²) in [6.45, 7) is 0. The number of aromatic nitrogens is 3. The molecule has 0 bridgehead atoms. The predicted octanol–water partition coefficient (Wildman–Crippen LogP) is 12.7. The third-order valence-electron chi connectivity index (χ3n) is 9.76. The lowest BCUT2D eigenvalue weighted by Gasteiger charge is -2.09. The van der Waals surface area contributed by atoms with Crippen molar-refractivity contribution in [2.24, 2.45) is 0 Å². The fourth-order valence-electron chi connectivity index (χ4n) is 7.37. The molecule has 0 amide bonds. The number of benzene rings is 7. The van der Waals surface area contributed by atoms with Gasteiger partial charge in [-0.2, -0.15) is 0 Å². The highest BCUT2D eigenvalue weighted by molar-refractivity contribution is 7.26. The van der Waals surface area contributed by atoms with Gasteiger partial charge in [0.15, 0.2) is 17.5 Å². The van der Waals surface area contributed by atoms with E-state index in [-0.39, 0.29) is 0 Å². The van der Waals surface area contributed by atoms with Crippen molar-refractivity contribution in [2.75, 3.05) is 0 Å². The van der Waals surface area contributed by atoms with E-state index in [1.165, 1.54) is 15.5 Å². The van der Waals surface area contributed by atoms with Crippen molar-refractivity contribution in [1.29, 1.82) is 0 Å². The van der Waals surface area contributed by atoms with Crippen molar-refractivity contribution in [1.82, 2.24) is 15.0 Å². The van der Waals surface area contributed by atoms with Crippen LogP contribution in [0.5, 0.6) is 0 Å². The largest absolute Gasteiger partial charge is 0.455 e. The Morgan fingerprint density at radius 1 is 0.373 bits per heavy atom. The number of furan rings is 2. The van der Waals surface area contributed by atoms with Gasteiger partial charge in [-0.05, 0) is 36.4 Å². The second-order valence-corrected chi connectivity index (χ2v) is 13.8. The highest BCUT2D eigenvalue weighted by Gasteiger charge is 2.20. The molecular weight excluding hydrogens is 647 g/mol. The van der Waals surface area contributed by atoms with Crippen molar-refractivity contribution < 1.29 is 8.83 Å². The van der Waals surface area contributed by atoms with E-state index in [2.05, 4.69) is 91.0 Å². The first-order chi connectivity index (χ1) is 25.3. The molecule has 0 aliphatic carbocycles. The minimum atomic E-state index is 0.608. The molecule has 0 saturated heterocycles. The monoisotopic (exact) mass is 671 g/mol. The zero-order chi connectivity index (χ0) is 33.5. The van der Waals surface area contributed by atoms with Crippen LogP contribution in [0.2, 0.25) is 0 Å². The van der Waals surface area contributed by atoms with E-state index in [4.69, 9.17) is 23.8 Å². The molecule has 0 unspecified atom stereocenters. The van der Waals surface area contributed by atoms with Crippen molar-refractivity contribution in [2.45, 2.75) is 0 Å². The van der Waals surface area contributed by atoms with Crippen molar-refractivity contribution in [3.8, 4) is 45.3 Å². The quantitative estimate of drug-likeness (QED) is 0.186. The van der Waals surface area contributed by atoms with Crippen LogP contribution < -0.4 is 0 Å². The molecule has 11 aromatic rings. The minimum Gasteiger partial charge on any atom is -0.455 e. The van der Waals surface area contributed by atoms with Crippen LogP contribution in [0.3, 0.4) is 0 Å². The normalized spacial score (nSPS) is 11.9. The summed E-state index contributed by atoms with van der Waals surface area (Å²) in [6.07, 6.45) is 0. The molecule has 4 aromatic heterocycles. The lowest BCUT2D eigenvalue weighted by atomic mass is 9.99. The Labute approximate surface area is 295 Å². The Bertz CT molecular complexity index is 3160. The summed E-state index contributed by atoms with van der Waals surface area (Å²) in [5, 5.41) is 6.65. The van der Waals surface area contributed by atoms with Gasteiger partial charge in [0.2, 0.25) is 0 Å². The maximum Gasteiger partial charge on any atom is 0.165 e. The number of thiophene rings is 1. The van der Waals surface area contributed by atoms with Gasteiger partial charge in [0, 0.05) is 69.5 Å². The van der Waals surface area contributed by atoms with E-state index in [9.17, 15) is 0 Å². The molecule has 238 valence electrons. The standard InChI is InChI=1S/C45H25N3O2S/c1-2-11-26(12-3-1)43-46-44(48-45(47-43)35-20-10-19-34-29-14-5-7-22-39(29)51-42(34)35)27-23-24-38-36(25-27)33-18-9-17-32(41(33)50-38)31-16-8-15-30-28-13-4-6-21-37(28)49-40(30)31/h1-25H. The number of rotatable bonds is 4. The van der Waals surface area contributed by atoms with Gasteiger partial charge in [-0.15, -0.1) is 11.3 Å². The van der Waals surface area contributed by atoms with Gasteiger partial charge >= 0.3 is 0 Å². The van der Waals surface area contributed by atoms with Gasteiger partial charge in [-0.3, -0.25) is 0 Å². The summed E-state index contributed by atoms with van der Waals surface area (Å²) in [4.78, 5) is 15.3. The molecule has 0 atom stereocenters. The van der Waals surface area contributed by atoms with E-state index in [1.54, 1.807) is 11.3 Å². The summed E-state index contributed by atoms with van der Waals surface area (Å²) in [6, 6.07) is 52.0. The van der Waals surface area contributed by atoms with Gasteiger partial charge in [0.05, 0.1) is 0 Å². The number of fused-ring (bicyclic) bond motifs is 9. The summed E-state index contributed by atoms with van der Waals surface area (Å²) in [5.74, 6) is 1.89. The summed E-state index contributed by atoms with van der Waals surface area (Å²) in [7, 11) is 0. The Morgan fingerprint density at radius 2 is 0.941 bits per heavy atom. The van der Waals surface area contributed by atoms with Gasteiger partial charge < -0.3 is 8.83 Å². The van der Waals surface area contributed by atoms with Gasteiger partial charge in [0.25, 0.3) is 0 Å². The van der Waals surface area contributed by atoms with Crippen LogP contribution in [0.15, 0.2) is 160 Å². The van der Waals surface area contributed by atoms with E-state index in [1.807, 2.05) is 60.7 Å². The van der Waals surface area contributed by atoms with E-state index in [0.717, 1.165) is 76.4 Å². The second kappa shape index (κ2) is 10.9. The van der Waals surface area contributed by atoms with Crippen LogP contribution in [0.25, 0.3) is 109 Å². The van der Waals surface area contributed by atoms with Crippen LogP contribution in [0.1, 0.15) is 0 Å². The Balaban J connectivity index is 1.11. The Hall–Kier alpha value is -6.63. The number of para-hydroxylation sites is 3. The Morgan fingerprint density at radius 3 is 1.73 bits per heavy atom. The summed E-state index contributed by atoms with van der Waals surface area (Å²) >= 11 is 1.77. The molecule has 5 nitrogen and oxygen atoms in total. The lowest BCUT2D eigenvalue weighted by Crippen LogP contribution is -2.00. The molecule has 7 aromatic carbocycles. The molecule has 0 fully saturated rings. The first-order valence-electron chi connectivity index (χ1n) is 16.9. The molecule has 0 aliphatic heterocycles. The van der Waals surface area contributed by atoms with Gasteiger partial charge in [-0.25, -0.2) is 15.0 Å². The minimum absolute atomic E-state index is 0.608. The molecule has 6 heteroatoms. The van der Waals surface area contributed by atoms with E-state index >= 15 is 0 Å². The third kappa shape index (κ3) is 4.37. The topological polar surface area (TPSA) is 65.0 Å². The van der Waals surface area contributed by atoms with Crippen LogP contribution in [-0.4, -0.2) is 15.0 Å². The number of nitrogens with zero attached hydrogens (tertiary/aromatic N) is 3. The van der Waals surface area contributed by atoms with E-state index in [0.29, 0.717) is 17.5 Å². The first-order valence-corrected chi connectivity index (χ1v) is 17.7. The van der Waals surface area contributed by atoms with Crippen LogP contribution >= 0.6 is 11.3 Å². The van der Waals surface area contributed by atoms with Crippen molar-refractivity contribution >= 4 is 75.4 Å². The summed E-state index contributed by atoms with van der Waals surface area (Å²) in [5.41, 5.74) is 8.14. The molecular formula is C45H25N3O2S. The smallest absolute Gasteiger partial charge is 0.165 e. The first kappa shape index (κ1) is 28.2. The molecule has 4 heterocycles. The maximum atomic E-state index is 6.62. The fourth-order valence-corrected chi connectivity index (χ4v) is 8.59. The predicted molar refractivity (Wildman–Crippen MR) is 209 cm³/mol. The fraction of sp³-hybridized carbons (Fsp3) is 0. The molecule has 0 aliphatic rings. The van der Waals surface area contributed by atoms with Crippen molar-refractivity contribution in [3.63, 3.8) is 0 Å². The number of hydrogen-bond acceptors (Lipinski definition) is 6. The molecule has 0 saturated carbocycles. The molecule has 0 spiro atoms. The van der Waals surface area contributed by atoms with Gasteiger partial charge in [0.1, 0.15) is 22.3 Å². The van der Waals surface area contributed by atoms with E-state index < -0.39 is 0 Å². The second-order valence-electron chi connectivity index (χ2n) is 12.7. The number of hydrogen-bond donors (Lipinski definition) is 0. The van der Waals surface area contributed by atoms with Crippen LogP contribution in [0, 0.1) is 0 Å². The highest BCUT2D eigenvalue weighted by Crippen LogP contribution is 2.43. The van der Waals surface area contributed by atoms with Crippen LogP contribution in [0.4, 0.5) is 0 Å². The third-order valence-corrected chi connectivity index (χ3v) is 11.0. The van der Waals surface area contributed by atoms with Crippen LogP contribution in [-0.2, 0) is 0 Å². The Kier molecular flexibility index (Phi) is 6.05. The average molecular weight is 672 g/mol.